The zero-order valence-electron chi connectivity index (χ0n) is 13.9. The highest BCUT2D eigenvalue weighted by molar-refractivity contribution is 6.12. The van der Waals surface area contributed by atoms with E-state index in [1.165, 1.54) is 7.11 Å². The summed E-state index contributed by atoms with van der Waals surface area (Å²) in [5, 5.41) is 2.69. The number of aromatic nitrogens is 3. The van der Waals surface area contributed by atoms with Crippen LogP contribution in [-0.2, 0) is 4.74 Å². The van der Waals surface area contributed by atoms with Crippen molar-refractivity contribution in [2.24, 2.45) is 0 Å². The molecule has 0 aliphatic rings. The number of ether oxygens (including phenoxy) is 1. The molecule has 0 fully saturated rings. The topological polar surface area (TPSA) is 131 Å². The second-order valence-corrected chi connectivity index (χ2v) is 5.17. The van der Waals surface area contributed by atoms with Crippen LogP contribution >= 0.6 is 12.4 Å². The van der Waals surface area contributed by atoms with Crippen LogP contribution in [0, 0.1) is 13.8 Å². The van der Waals surface area contributed by atoms with Crippen LogP contribution < -0.4 is 5.32 Å². The Morgan fingerprint density at radius 2 is 1.72 bits per heavy atom. The number of nitrogens with zero attached hydrogens (tertiary/aromatic N) is 1. The van der Waals surface area contributed by atoms with Crippen molar-refractivity contribution in [2.45, 2.75) is 13.8 Å². The fourth-order valence-corrected chi connectivity index (χ4v) is 2.60. The first-order chi connectivity index (χ1) is 11.0. The zero-order chi connectivity index (χ0) is 16.6. The molecule has 2 aromatic heterocycles. The number of aryl methyl sites for hydroxylation is 2. The number of halogens is 1. The molecule has 5 N–H and O–H groups in total. The predicted molar refractivity (Wildman–Crippen MR) is 96.5 cm³/mol. The van der Waals surface area contributed by atoms with Gasteiger partial charge in [0.25, 0.3) is 5.91 Å². The van der Waals surface area contributed by atoms with Gasteiger partial charge in [-0.15, -0.1) is 12.4 Å². The van der Waals surface area contributed by atoms with Crippen LogP contribution in [0.4, 0.5) is 5.95 Å². The Bertz CT molecular complexity index is 883. The summed E-state index contributed by atoms with van der Waals surface area (Å²) in [7, 11) is 1.28. The smallest absolute Gasteiger partial charge is 0.340 e. The number of para-hydroxylation sites is 2. The summed E-state index contributed by atoms with van der Waals surface area (Å²) in [5.41, 5.74) is 3.24. The lowest BCUT2D eigenvalue weighted by atomic mass is 10.1. The molecule has 0 aliphatic heterocycles. The van der Waals surface area contributed by atoms with Crippen LogP contribution in [0.2, 0.25) is 0 Å². The van der Waals surface area contributed by atoms with E-state index in [4.69, 9.17) is 4.74 Å². The number of aromatic amines is 2. The van der Waals surface area contributed by atoms with Crippen molar-refractivity contribution >= 4 is 41.3 Å². The van der Waals surface area contributed by atoms with Gasteiger partial charge in [-0.25, -0.2) is 9.78 Å². The van der Waals surface area contributed by atoms with Gasteiger partial charge in [0.2, 0.25) is 5.95 Å². The van der Waals surface area contributed by atoms with E-state index in [0.717, 1.165) is 11.0 Å². The summed E-state index contributed by atoms with van der Waals surface area (Å²) in [4.78, 5) is 34.8. The Labute approximate surface area is 149 Å². The molecule has 0 aliphatic carbocycles. The lowest BCUT2D eigenvalue weighted by molar-refractivity contribution is 0.0597. The van der Waals surface area contributed by atoms with Crippen molar-refractivity contribution in [3.63, 3.8) is 0 Å². The maximum atomic E-state index is 12.6. The second kappa shape index (κ2) is 7.82. The number of methoxy groups -OCH3 is 1. The van der Waals surface area contributed by atoms with Gasteiger partial charge < -0.3 is 20.2 Å². The number of benzene rings is 1. The third-order valence-corrected chi connectivity index (χ3v) is 3.61. The number of hydrogen-bond acceptors (Lipinski definition) is 4. The van der Waals surface area contributed by atoms with E-state index < -0.39 is 11.9 Å². The van der Waals surface area contributed by atoms with Crippen LogP contribution in [0.25, 0.3) is 11.0 Å². The van der Waals surface area contributed by atoms with Gasteiger partial charge in [-0.2, -0.15) is 0 Å². The Morgan fingerprint density at radius 1 is 1.08 bits per heavy atom. The number of nitrogens with one attached hydrogen (secondary N) is 3. The normalized spacial score (nSPS) is 9.88. The molecule has 1 amide bonds. The Kier molecular flexibility index (Phi) is 6.32. The average molecular weight is 367 g/mol. The Hall–Kier alpha value is -2.84. The fraction of sp³-hybridized carbons (Fsp3) is 0.188. The standard InChI is InChI=1S/C16H16N4O3.ClH.H2O/c1-8-12(13(9(2)17-8)15(22)23-3)14(21)20-16-18-10-6-4-5-7-11(10)19-16;;/h4-7,17H,1-3H3,(H2,18,19,20,21);1H;1H2. The predicted octanol–water partition coefficient (Wildman–Crippen LogP) is 2.14. The molecule has 25 heavy (non-hydrogen) atoms. The van der Waals surface area contributed by atoms with E-state index in [0.29, 0.717) is 17.3 Å². The van der Waals surface area contributed by atoms with Crippen molar-refractivity contribution in [3.8, 4) is 0 Å². The highest BCUT2D eigenvalue weighted by atomic mass is 35.5. The molecule has 0 unspecified atom stereocenters. The van der Waals surface area contributed by atoms with Gasteiger partial charge in [0.15, 0.2) is 0 Å². The third-order valence-electron chi connectivity index (χ3n) is 3.61. The molecule has 1 aromatic carbocycles. The molecule has 9 heteroatoms. The number of fused-ring (bicyclic) bond motifs is 1. The molecule has 0 saturated carbocycles. The number of amides is 1. The number of esters is 1. The summed E-state index contributed by atoms with van der Waals surface area (Å²) >= 11 is 0. The van der Waals surface area contributed by atoms with Crippen molar-refractivity contribution in [1.82, 2.24) is 15.0 Å². The summed E-state index contributed by atoms with van der Waals surface area (Å²) in [6.07, 6.45) is 0. The molecule has 2 heterocycles. The molecular weight excluding hydrogens is 348 g/mol. The third kappa shape index (κ3) is 3.65. The zero-order valence-corrected chi connectivity index (χ0v) is 14.7. The van der Waals surface area contributed by atoms with Crippen LogP contribution in [0.15, 0.2) is 24.3 Å². The average Bonchev–Trinajstić information content (AvgIpc) is 3.05. The van der Waals surface area contributed by atoms with Gasteiger partial charge in [0, 0.05) is 11.4 Å². The molecule has 3 rings (SSSR count). The largest absolute Gasteiger partial charge is 0.465 e. The van der Waals surface area contributed by atoms with Gasteiger partial charge in [0.1, 0.15) is 0 Å². The molecule has 0 saturated heterocycles. The van der Waals surface area contributed by atoms with Crippen LogP contribution in [-0.4, -0.2) is 39.4 Å². The van der Waals surface area contributed by atoms with Crippen LogP contribution in [0.1, 0.15) is 32.1 Å². The first-order valence-corrected chi connectivity index (χ1v) is 7.05. The molecule has 0 radical (unpaired) electrons. The van der Waals surface area contributed by atoms with E-state index in [1.54, 1.807) is 13.8 Å². The lowest BCUT2D eigenvalue weighted by Crippen LogP contribution is -2.17. The van der Waals surface area contributed by atoms with Gasteiger partial charge in [0.05, 0.1) is 29.3 Å². The van der Waals surface area contributed by atoms with Gasteiger partial charge in [-0.1, -0.05) is 12.1 Å². The van der Waals surface area contributed by atoms with Crippen molar-refractivity contribution in [3.05, 3.63) is 46.8 Å². The highest BCUT2D eigenvalue weighted by Gasteiger charge is 2.25. The Morgan fingerprint density at radius 3 is 2.36 bits per heavy atom. The molecule has 0 atom stereocenters. The number of imidazole rings is 1. The van der Waals surface area contributed by atoms with E-state index in [-0.39, 0.29) is 29.0 Å². The first kappa shape index (κ1) is 20.2. The van der Waals surface area contributed by atoms with E-state index in [2.05, 4.69) is 20.3 Å². The Balaban J connectivity index is 0.00000156. The van der Waals surface area contributed by atoms with Gasteiger partial charge in [-0.3, -0.25) is 10.1 Å². The van der Waals surface area contributed by atoms with Crippen LogP contribution in [0.5, 0.6) is 0 Å². The number of hydrogen-bond donors (Lipinski definition) is 3. The summed E-state index contributed by atoms with van der Waals surface area (Å²) in [6, 6.07) is 7.45. The number of carbonyl (C=O) groups excluding carboxylic acids is 2. The second-order valence-electron chi connectivity index (χ2n) is 5.17. The van der Waals surface area contributed by atoms with E-state index >= 15 is 0 Å². The molecule has 3 aromatic rings. The SMILES string of the molecule is COC(=O)c1c(C)[nH]c(C)c1C(=O)Nc1nc2ccccc2[nH]1.Cl.O. The van der Waals surface area contributed by atoms with E-state index in [9.17, 15) is 9.59 Å². The molecule has 0 spiro atoms. The summed E-state index contributed by atoms with van der Waals surface area (Å²) < 4.78 is 4.76. The molecule has 0 bridgehead atoms. The summed E-state index contributed by atoms with van der Waals surface area (Å²) in [6.45, 7) is 3.45. The minimum atomic E-state index is -0.554. The van der Waals surface area contributed by atoms with E-state index in [1.807, 2.05) is 24.3 Å². The number of carbonyl (C=O) groups is 2. The van der Waals surface area contributed by atoms with Crippen molar-refractivity contribution in [2.75, 3.05) is 12.4 Å². The monoisotopic (exact) mass is 366 g/mol. The first-order valence-electron chi connectivity index (χ1n) is 7.05. The quantitative estimate of drug-likeness (QED) is 0.612. The minimum Gasteiger partial charge on any atom is -0.465 e. The lowest BCUT2D eigenvalue weighted by Gasteiger charge is -2.05. The van der Waals surface area contributed by atoms with Crippen LogP contribution in [0.3, 0.4) is 0 Å². The maximum absolute atomic E-state index is 12.6. The molecular formula is C16H19ClN4O4. The van der Waals surface area contributed by atoms with Crippen molar-refractivity contribution < 1.29 is 19.8 Å². The number of anilines is 1. The molecule has 8 nitrogen and oxygen atoms in total. The van der Waals surface area contributed by atoms with Gasteiger partial charge >= 0.3 is 5.97 Å². The van der Waals surface area contributed by atoms with Crippen molar-refractivity contribution in [1.29, 1.82) is 0 Å². The molecule has 134 valence electrons. The van der Waals surface area contributed by atoms with Gasteiger partial charge in [-0.05, 0) is 26.0 Å². The number of H-pyrrole nitrogens is 2. The minimum absolute atomic E-state index is 0. The highest BCUT2D eigenvalue weighted by Crippen LogP contribution is 2.21. The maximum Gasteiger partial charge on any atom is 0.340 e. The number of rotatable bonds is 3. The fourth-order valence-electron chi connectivity index (χ4n) is 2.60. The summed E-state index contributed by atoms with van der Waals surface area (Å²) in [5.74, 6) is -0.654.